The maximum absolute atomic E-state index is 6.14. The maximum Gasteiger partial charge on any atom is 0.152 e. The van der Waals surface area contributed by atoms with E-state index in [1.165, 1.54) is 5.69 Å². The van der Waals surface area contributed by atoms with Crippen LogP contribution in [0.5, 0.6) is 0 Å². The zero-order valence-electron chi connectivity index (χ0n) is 15.2. The van der Waals surface area contributed by atoms with E-state index in [9.17, 15) is 0 Å². The number of nitrogens with zero attached hydrogens (tertiary/aromatic N) is 4. The third-order valence-corrected chi connectivity index (χ3v) is 5.86. The van der Waals surface area contributed by atoms with Gasteiger partial charge in [0.05, 0.1) is 35.3 Å². The van der Waals surface area contributed by atoms with E-state index in [1.54, 1.807) is 17.5 Å². The Morgan fingerprint density at radius 3 is 2.71 bits per heavy atom. The Kier molecular flexibility index (Phi) is 4.38. The van der Waals surface area contributed by atoms with Crippen LogP contribution in [-0.2, 0) is 4.74 Å². The van der Waals surface area contributed by atoms with Gasteiger partial charge in [0.15, 0.2) is 5.82 Å². The van der Waals surface area contributed by atoms with Gasteiger partial charge in [-0.2, -0.15) is 0 Å². The molecule has 5 rings (SSSR count). The van der Waals surface area contributed by atoms with Crippen LogP contribution in [0.1, 0.15) is 0 Å². The largest absolute Gasteiger partial charge is 0.382 e. The van der Waals surface area contributed by atoms with Gasteiger partial charge in [-0.1, -0.05) is 24.3 Å². The van der Waals surface area contributed by atoms with Crippen molar-refractivity contribution < 1.29 is 4.74 Å². The molecule has 0 spiro atoms. The predicted molar refractivity (Wildman–Crippen MR) is 114 cm³/mol. The Morgan fingerprint density at radius 2 is 1.86 bits per heavy atom. The first-order chi connectivity index (χ1) is 13.8. The van der Waals surface area contributed by atoms with Gasteiger partial charge in [-0.3, -0.25) is 0 Å². The van der Waals surface area contributed by atoms with Crippen molar-refractivity contribution in [3.05, 3.63) is 54.7 Å². The number of ether oxygens (including phenoxy) is 1. The van der Waals surface area contributed by atoms with Gasteiger partial charge in [0, 0.05) is 24.3 Å². The second kappa shape index (κ2) is 7.18. The molecule has 0 atom stereocenters. The summed E-state index contributed by atoms with van der Waals surface area (Å²) in [5, 5.41) is 0.789. The normalized spacial score (nSPS) is 14.5. The number of fused-ring (bicyclic) bond motifs is 1. The monoisotopic (exact) mass is 389 g/mol. The lowest BCUT2D eigenvalue weighted by Crippen LogP contribution is -2.36. The van der Waals surface area contributed by atoms with Gasteiger partial charge in [0.1, 0.15) is 10.7 Å². The first-order valence-corrected chi connectivity index (χ1v) is 10.0. The van der Waals surface area contributed by atoms with E-state index in [2.05, 4.69) is 39.1 Å². The Balaban J connectivity index is 1.54. The smallest absolute Gasteiger partial charge is 0.152 e. The summed E-state index contributed by atoms with van der Waals surface area (Å²) in [5.74, 6) is 0.395. The van der Waals surface area contributed by atoms with Crippen molar-refractivity contribution in [3.8, 4) is 22.0 Å². The standard InChI is InChI=1S/C21H19N5OS/c22-20-19(21-25-16-6-1-2-7-18(16)28-21)24-17(13-23-20)14-4-3-5-15(12-14)26-8-10-27-11-9-26/h1-7,12-13H,8-11H2,(H2,22,23). The van der Waals surface area contributed by atoms with Crippen molar-refractivity contribution >= 4 is 33.1 Å². The highest BCUT2D eigenvalue weighted by Gasteiger charge is 2.15. The fourth-order valence-corrected chi connectivity index (χ4v) is 4.32. The molecule has 0 radical (unpaired) electrons. The van der Waals surface area contributed by atoms with E-state index in [0.29, 0.717) is 11.5 Å². The number of para-hydroxylation sites is 1. The lowest BCUT2D eigenvalue weighted by molar-refractivity contribution is 0.122. The molecule has 1 saturated heterocycles. The number of nitrogens with two attached hydrogens (primary N) is 1. The van der Waals surface area contributed by atoms with E-state index >= 15 is 0 Å². The third-order valence-electron chi connectivity index (χ3n) is 4.82. The molecule has 1 aliphatic heterocycles. The molecular formula is C21H19N5OS. The van der Waals surface area contributed by atoms with Crippen LogP contribution in [0, 0.1) is 0 Å². The van der Waals surface area contributed by atoms with Crippen LogP contribution in [0.15, 0.2) is 54.7 Å². The maximum atomic E-state index is 6.14. The van der Waals surface area contributed by atoms with Gasteiger partial charge in [-0.25, -0.2) is 15.0 Å². The van der Waals surface area contributed by atoms with E-state index in [-0.39, 0.29) is 0 Å². The lowest BCUT2D eigenvalue weighted by atomic mass is 10.1. The lowest BCUT2D eigenvalue weighted by Gasteiger charge is -2.29. The summed E-state index contributed by atoms with van der Waals surface area (Å²) in [4.78, 5) is 16.2. The minimum Gasteiger partial charge on any atom is -0.382 e. The second-order valence-corrected chi connectivity index (χ2v) is 7.66. The van der Waals surface area contributed by atoms with Crippen molar-refractivity contribution in [2.45, 2.75) is 0 Å². The third kappa shape index (κ3) is 3.19. The molecule has 0 unspecified atom stereocenters. The minimum absolute atomic E-state index is 0.395. The molecule has 4 aromatic rings. The van der Waals surface area contributed by atoms with Crippen LogP contribution in [0.4, 0.5) is 11.5 Å². The van der Waals surface area contributed by atoms with Crippen LogP contribution in [0.25, 0.3) is 32.2 Å². The first kappa shape index (κ1) is 17.1. The van der Waals surface area contributed by atoms with Crippen molar-refractivity contribution in [1.29, 1.82) is 0 Å². The summed E-state index contributed by atoms with van der Waals surface area (Å²) in [6.07, 6.45) is 1.73. The van der Waals surface area contributed by atoms with E-state index in [0.717, 1.165) is 52.8 Å². The van der Waals surface area contributed by atoms with Crippen molar-refractivity contribution in [2.24, 2.45) is 0 Å². The number of hydrogen-bond acceptors (Lipinski definition) is 7. The number of aromatic nitrogens is 3. The fourth-order valence-electron chi connectivity index (χ4n) is 3.35. The quantitative estimate of drug-likeness (QED) is 0.574. The van der Waals surface area contributed by atoms with Gasteiger partial charge in [0.25, 0.3) is 0 Å². The van der Waals surface area contributed by atoms with E-state index in [4.69, 9.17) is 15.5 Å². The Hall–Kier alpha value is -3.03. The molecule has 0 saturated carbocycles. The molecule has 6 nitrogen and oxygen atoms in total. The number of rotatable bonds is 3. The topological polar surface area (TPSA) is 77.2 Å². The molecule has 1 fully saturated rings. The first-order valence-electron chi connectivity index (χ1n) is 9.19. The molecule has 0 aliphatic carbocycles. The summed E-state index contributed by atoms with van der Waals surface area (Å²) in [6.45, 7) is 3.31. The SMILES string of the molecule is Nc1ncc(-c2cccc(N3CCOCC3)c2)nc1-c1nc2ccccc2s1. The minimum atomic E-state index is 0.395. The average molecular weight is 389 g/mol. The Morgan fingerprint density at radius 1 is 1.00 bits per heavy atom. The highest BCUT2D eigenvalue weighted by atomic mass is 32.1. The molecular weight excluding hydrogens is 370 g/mol. The van der Waals surface area contributed by atoms with Crippen LogP contribution >= 0.6 is 11.3 Å². The molecule has 3 heterocycles. The number of thiazole rings is 1. The molecule has 0 bridgehead atoms. The summed E-state index contributed by atoms with van der Waals surface area (Å²) < 4.78 is 6.56. The van der Waals surface area contributed by atoms with Gasteiger partial charge in [0.2, 0.25) is 0 Å². The fraction of sp³-hybridized carbons (Fsp3) is 0.190. The number of nitrogen functional groups attached to an aromatic ring is 1. The number of morpholine rings is 1. The highest BCUT2D eigenvalue weighted by molar-refractivity contribution is 7.21. The molecule has 28 heavy (non-hydrogen) atoms. The zero-order valence-corrected chi connectivity index (χ0v) is 16.0. The summed E-state index contributed by atoms with van der Waals surface area (Å²) in [6, 6.07) is 16.4. The number of hydrogen-bond donors (Lipinski definition) is 1. The molecule has 0 amide bonds. The zero-order chi connectivity index (χ0) is 18.9. The summed E-state index contributed by atoms with van der Waals surface area (Å²) in [7, 11) is 0. The predicted octanol–water partition coefficient (Wildman–Crippen LogP) is 3.84. The van der Waals surface area contributed by atoms with E-state index in [1.807, 2.05) is 24.3 Å². The van der Waals surface area contributed by atoms with Crippen molar-refractivity contribution in [1.82, 2.24) is 15.0 Å². The molecule has 140 valence electrons. The highest BCUT2D eigenvalue weighted by Crippen LogP contribution is 2.33. The van der Waals surface area contributed by atoms with Crippen LogP contribution in [-0.4, -0.2) is 41.3 Å². The molecule has 2 aromatic carbocycles. The Labute approximate surface area is 166 Å². The number of benzene rings is 2. The van der Waals surface area contributed by atoms with Crippen LogP contribution in [0.3, 0.4) is 0 Å². The van der Waals surface area contributed by atoms with Crippen molar-refractivity contribution in [2.75, 3.05) is 36.9 Å². The average Bonchev–Trinajstić information content (AvgIpc) is 3.19. The molecule has 1 aliphatic rings. The number of anilines is 2. The van der Waals surface area contributed by atoms with Gasteiger partial charge in [-0.15, -0.1) is 11.3 Å². The molecule has 2 N–H and O–H groups in total. The summed E-state index contributed by atoms with van der Waals surface area (Å²) >= 11 is 1.58. The molecule has 7 heteroatoms. The van der Waals surface area contributed by atoms with Gasteiger partial charge >= 0.3 is 0 Å². The van der Waals surface area contributed by atoms with Gasteiger partial charge in [-0.05, 0) is 24.3 Å². The van der Waals surface area contributed by atoms with Gasteiger partial charge < -0.3 is 15.4 Å². The molecule has 2 aromatic heterocycles. The van der Waals surface area contributed by atoms with Crippen molar-refractivity contribution in [3.63, 3.8) is 0 Å². The second-order valence-electron chi connectivity index (χ2n) is 6.63. The summed E-state index contributed by atoms with van der Waals surface area (Å²) in [5.41, 5.74) is 10.7. The van der Waals surface area contributed by atoms with Crippen LogP contribution in [0.2, 0.25) is 0 Å². The van der Waals surface area contributed by atoms with E-state index < -0.39 is 0 Å². The van der Waals surface area contributed by atoms with Crippen LogP contribution < -0.4 is 10.6 Å². The Bertz CT molecular complexity index is 1100.